The van der Waals surface area contributed by atoms with Crippen molar-refractivity contribution < 1.29 is 8.42 Å². The fraction of sp³-hybridized carbons (Fsp3) is 0.733. The number of aryl methyl sites for hydroxylation is 1. The Labute approximate surface area is 132 Å². The summed E-state index contributed by atoms with van der Waals surface area (Å²) < 4.78 is 27.9. The highest BCUT2D eigenvalue weighted by atomic mass is 32.2. The number of hydrogen-bond donors (Lipinski definition) is 1. The normalized spacial score (nSPS) is 20.3. The van der Waals surface area contributed by atoms with Crippen molar-refractivity contribution in [2.75, 3.05) is 19.6 Å². The van der Waals surface area contributed by atoms with Gasteiger partial charge in [0.2, 0.25) is 0 Å². The van der Waals surface area contributed by atoms with Gasteiger partial charge in [0, 0.05) is 17.5 Å². The summed E-state index contributed by atoms with van der Waals surface area (Å²) in [5.74, 6) is 0.418. The van der Waals surface area contributed by atoms with Crippen LogP contribution in [0.15, 0.2) is 16.3 Å². The number of nitrogens with zero attached hydrogens (tertiary/aromatic N) is 1. The van der Waals surface area contributed by atoms with Crippen LogP contribution in [0.2, 0.25) is 0 Å². The van der Waals surface area contributed by atoms with Crippen molar-refractivity contribution in [1.82, 2.24) is 9.62 Å². The van der Waals surface area contributed by atoms with Crippen LogP contribution < -0.4 is 5.32 Å². The lowest BCUT2D eigenvalue weighted by molar-refractivity contribution is 0.264. The van der Waals surface area contributed by atoms with Gasteiger partial charge in [-0.25, -0.2) is 8.42 Å². The number of hydrogen-bond acceptors (Lipinski definition) is 4. The van der Waals surface area contributed by atoms with Crippen LogP contribution >= 0.6 is 11.3 Å². The monoisotopic (exact) mass is 330 g/mol. The third kappa shape index (κ3) is 4.06. The summed E-state index contributed by atoms with van der Waals surface area (Å²) in [6, 6.07) is 3.68. The van der Waals surface area contributed by atoms with Crippen molar-refractivity contribution in [3.63, 3.8) is 0 Å². The first-order valence-electron chi connectivity index (χ1n) is 7.76. The third-order valence-corrected chi connectivity index (χ3v) is 7.70. The third-order valence-electron chi connectivity index (χ3n) is 3.96. The van der Waals surface area contributed by atoms with Gasteiger partial charge in [-0.3, -0.25) is 0 Å². The van der Waals surface area contributed by atoms with Crippen LogP contribution in [0.4, 0.5) is 0 Å². The van der Waals surface area contributed by atoms with E-state index in [-0.39, 0.29) is 6.04 Å². The molecule has 1 atom stereocenters. The molecule has 0 aromatic carbocycles. The second kappa shape index (κ2) is 7.22. The zero-order valence-electron chi connectivity index (χ0n) is 13.1. The fourth-order valence-electron chi connectivity index (χ4n) is 2.72. The molecule has 4 nitrogen and oxygen atoms in total. The van der Waals surface area contributed by atoms with Crippen molar-refractivity contribution in [2.24, 2.45) is 5.92 Å². The predicted molar refractivity (Wildman–Crippen MR) is 88.3 cm³/mol. The van der Waals surface area contributed by atoms with Crippen LogP contribution in [0.5, 0.6) is 0 Å². The van der Waals surface area contributed by atoms with E-state index < -0.39 is 10.0 Å². The predicted octanol–water partition coefficient (Wildman–Crippen LogP) is 2.71. The van der Waals surface area contributed by atoms with E-state index in [9.17, 15) is 8.42 Å². The molecule has 1 unspecified atom stereocenters. The number of thiophene rings is 1. The van der Waals surface area contributed by atoms with E-state index in [0.29, 0.717) is 16.7 Å². The number of nitrogens with one attached hydrogen (secondary N) is 1. The Morgan fingerprint density at radius 3 is 2.71 bits per heavy atom. The molecule has 0 saturated carbocycles. The summed E-state index contributed by atoms with van der Waals surface area (Å²) in [4.78, 5) is 1.12. The van der Waals surface area contributed by atoms with E-state index in [1.54, 1.807) is 10.4 Å². The largest absolute Gasteiger partial charge is 0.316 e. The molecular weight excluding hydrogens is 304 g/mol. The Hall–Kier alpha value is -0.430. The lowest BCUT2D eigenvalue weighted by atomic mass is 9.99. The first-order valence-corrected chi connectivity index (χ1v) is 10.0. The molecule has 0 aliphatic carbocycles. The maximum atomic E-state index is 12.9. The van der Waals surface area contributed by atoms with Gasteiger partial charge < -0.3 is 5.32 Å². The summed E-state index contributed by atoms with van der Waals surface area (Å²) in [6.07, 6.45) is 3.13. The van der Waals surface area contributed by atoms with E-state index in [2.05, 4.69) is 12.2 Å². The molecule has 2 rings (SSSR count). The smallest absolute Gasteiger partial charge is 0.252 e. The minimum Gasteiger partial charge on any atom is -0.316 e. The van der Waals surface area contributed by atoms with Gasteiger partial charge in [-0.05, 0) is 64.3 Å². The van der Waals surface area contributed by atoms with Crippen LogP contribution in [0.1, 0.15) is 38.5 Å². The van der Waals surface area contributed by atoms with Crippen LogP contribution in [-0.4, -0.2) is 38.4 Å². The number of sulfonamides is 1. The van der Waals surface area contributed by atoms with Gasteiger partial charge in [0.15, 0.2) is 0 Å². The van der Waals surface area contributed by atoms with Gasteiger partial charge in [-0.2, -0.15) is 4.31 Å². The van der Waals surface area contributed by atoms with Crippen molar-refractivity contribution in [3.05, 3.63) is 17.0 Å². The average molecular weight is 331 g/mol. The lowest BCUT2D eigenvalue weighted by Crippen LogP contribution is -2.43. The van der Waals surface area contributed by atoms with E-state index >= 15 is 0 Å². The van der Waals surface area contributed by atoms with Crippen LogP contribution in [-0.2, 0) is 16.4 Å². The Kier molecular flexibility index (Phi) is 5.82. The van der Waals surface area contributed by atoms with E-state index in [1.165, 1.54) is 11.3 Å². The molecule has 0 spiro atoms. The minimum absolute atomic E-state index is 0.0101. The minimum atomic E-state index is -3.36. The summed E-state index contributed by atoms with van der Waals surface area (Å²) in [7, 11) is -3.36. The van der Waals surface area contributed by atoms with Crippen LogP contribution in [0.3, 0.4) is 0 Å². The molecule has 6 heteroatoms. The van der Waals surface area contributed by atoms with E-state index in [4.69, 9.17) is 0 Å². The summed E-state index contributed by atoms with van der Waals surface area (Å²) in [5, 5.41) is 3.36. The zero-order valence-corrected chi connectivity index (χ0v) is 14.8. The van der Waals surface area contributed by atoms with Gasteiger partial charge in [0.05, 0.1) is 0 Å². The molecule has 1 aromatic rings. The highest BCUT2D eigenvalue weighted by molar-refractivity contribution is 7.91. The molecule has 2 heterocycles. The van der Waals surface area contributed by atoms with Crippen molar-refractivity contribution >= 4 is 21.4 Å². The molecule has 1 fully saturated rings. The Morgan fingerprint density at radius 2 is 2.19 bits per heavy atom. The van der Waals surface area contributed by atoms with Gasteiger partial charge in [-0.15, -0.1) is 11.3 Å². The number of piperidine rings is 1. The first-order chi connectivity index (χ1) is 9.95. The van der Waals surface area contributed by atoms with Crippen LogP contribution in [0.25, 0.3) is 0 Å². The van der Waals surface area contributed by atoms with Gasteiger partial charge >= 0.3 is 0 Å². The summed E-state index contributed by atoms with van der Waals surface area (Å²) in [6.45, 7) is 8.56. The fourth-order valence-corrected chi connectivity index (χ4v) is 5.86. The maximum absolute atomic E-state index is 12.9. The summed E-state index contributed by atoms with van der Waals surface area (Å²) >= 11 is 1.40. The molecule has 1 N–H and O–H groups in total. The Balaban J connectivity index is 2.19. The standard InChI is InChI=1S/C15H26N2O2S2/c1-4-14-7-8-15(20-14)21(18,19)17(12(2)3)11-13-6-5-9-16-10-13/h7-8,12-13,16H,4-6,9-11H2,1-3H3. The highest BCUT2D eigenvalue weighted by Crippen LogP contribution is 2.28. The first kappa shape index (κ1) is 16.9. The van der Waals surface area contributed by atoms with E-state index in [1.807, 2.05) is 19.9 Å². The molecule has 120 valence electrons. The topological polar surface area (TPSA) is 49.4 Å². The molecule has 0 bridgehead atoms. The van der Waals surface area contributed by atoms with Gasteiger partial charge in [-0.1, -0.05) is 6.92 Å². The molecule has 1 aliphatic rings. The van der Waals surface area contributed by atoms with Crippen molar-refractivity contribution in [1.29, 1.82) is 0 Å². The second-order valence-electron chi connectivity index (χ2n) is 5.96. The average Bonchev–Trinajstić information content (AvgIpc) is 2.95. The zero-order chi connectivity index (χ0) is 15.5. The molecule has 1 saturated heterocycles. The van der Waals surface area contributed by atoms with Gasteiger partial charge in [0.25, 0.3) is 10.0 Å². The molecular formula is C15H26N2O2S2. The second-order valence-corrected chi connectivity index (χ2v) is 9.24. The van der Waals surface area contributed by atoms with Gasteiger partial charge in [0.1, 0.15) is 4.21 Å². The van der Waals surface area contributed by atoms with Crippen molar-refractivity contribution in [2.45, 2.75) is 50.3 Å². The molecule has 21 heavy (non-hydrogen) atoms. The van der Waals surface area contributed by atoms with Crippen molar-refractivity contribution in [3.8, 4) is 0 Å². The highest BCUT2D eigenvalue weighted by Gasteiger charge is 2.31. The molecule has 1 aromatic heterocycles. The van der Waals surface area contributed by atoms with Crippen LogP contribution in [0, 0.1) is 5.92 Å². The quantitative estimate of drug-likeness (QED) is 0.872. The SMILES string of the molecule is CCc1ccc(S(=O)(=O)N(CC2CCCNC2)C(C)C)s1. The molecule has 0 amide bonds. The summed E-state index contributed by atoms with van der Waals surface area (Å²) in [5.41, 5.74) is 0. The van der Waals surface area contributed by atoms with E-state index in [0.717, 1.165) is 37.2 Å². The number of rotatable bonds is 6. The lowest BCUT2D eigenvalue weighted by Gasteiger charge is -2.31. The Morgan fingerprint density at radius 1 is 1.43 bits per heavy atom. The molecule has 0 radical (unpaired) electrons. The Bertz CT molecular complexity index is 546. The maximum Gasteiger partial charge on any atom is 0.252 e. The molecule has 1 aliphatic heterocycles.